The highest BCUT2D eigenvalue weighted by Crippen LogP contribution is 2.22. The molecule has 1 aromatic rings. The van der Waals surface area contributed by atoms with Crippen molar-refractivity contribution in [3.05, 3.63) is 35.6 Å². The molecule has 0 aliphatic carbocycles. The minimum Gasteiger partial charge on any atom is -0.341 e. The first kappa shape index (κ1) is 15.0. The second kappa shape index (κ2) is 7.39. The van der Waals surface area contributed by atoms with Crippen molar-refractivity contribution in [2.24, 2.45) is 5.92 Å². The van der Waals surface area contributed by atoms with Gasteiger partial charge in [0.25, 0.3) is 0 Å². The standard InChI is InChI=1S/C16H23FN2O/c1-18-11-16(20)19-10-4-5-13(12-19)8-9-14-6-2-3-7-15(14)17/h2-3,6-7,13,18H,4-5,8-12H2,1H3/t13-/m0/s1. The van der Waals surface area contributed by atoms with E-state index in [1.165, 1.54) is 6.07 Å². The van der Waals surface area contributed by atoms with E-state index in [0.29, 0.717) is 12.5 Å². The number of likely N-dealkylation sites (N-methyl/N-ethyl adjacent to an activating group) is 1. The van der Waals surface area contributed by atoms with Crippen LogP contribution in [0.3, 0.4) is 0 Å². The maximum Gasteiger partial charge on any atom is 0.236 e. The van der Waals surface area contributed by atoms with Gasteiger partial charge in [0.15, 0.2) is 0 Å². The third kappa shape index (κ3) is 4.04. The Morgan fingerprint density at radius 2 is 2.25 bits per heavy atom. The zero-order valence-corrected chi connectivity index (χ0v) is 12.1. The Balaban J connectivity index is 1.84. The highest BCUT2D eigenvalue weighted by Gasteiger charge is 2.23. The second-order valence-corrected chi connectivity index (χ2v) is 5.51. The summed E-state index contributed by atoms with van der Waals surface area (Å²) >= 11 is 0. The van der Waals surface area contributed by atoms with Crippen molar-refractivity contribution < 1.29 is 9.18 Å². The van der Waals surface area contributed by atoms with Crippen LogP contribution in [0.4, 0.5) is 4.39 Å². The van der Waals surface area contributed by atoms with Gasteiger partial charge in [-0.05, 0) is 50.3 Å². The van der Waals surface area contributed by atoms with Crippen molar-refractivity contribution in [3.63, 3.8) is 0 Å². The lowest BCUT2D eigenvalue weighted by molar-refractivity contribution is -0.131. The lowest BCUT2D eigenvalue weighted by Crippen LogP contribution is -2.43. The number of aryl methyl sites for hydroxylation is 1. The van der Waals surface area contributed by atoms with Crippen LogP contribution in [0.2, 0.25) is 0 Å². The minimum atomic E-state index is -0.119. The van der Waals surface area contributed by atoms with E-state index in [9.17, 15) is 9.18 Å². The van der Waals surface area contributed by atoms with E-state index in [0.717, 1.165) is 44.3 Å². The van der Waals surface area contributed by atoms with Gasteiger partial charge >= 0.3 is 0 Å². The molecule has 1 aliphatic heterocycles. The third-order valence-electron chi connectivity index (χ3n) is 3.98. The largest absolute Gasteiger partial charge is 0.341 e. The van der Waals surface area contributed by atoms with Crippen LogP contribution in [-0.4, -0.2) is 37.5 Å². The number of carbonyl (C=O) groups excluding carboxylic acids is 1. The molecule has 1 amide bonds. The number of halogens is 1. The summed E-state index contributed by atoms with van der Waals surface area (Å²) in [6, 6.07) is 6.96. The molecule has 1 heterocycles. The molecule has 20 heavy (non-hydrogen) atoms. The number of benzene rings is 1. The van der Waals surface area contributed by atoms with Crippen LogP contribution < -0.4 is 5.32 Å². The Hall–Kier alpha value is -1.42. The molecular formula is C16H23FN2O. The van der Waals surface area contributed by atoms with Gasteiger partial charge in [-0.3, -0.25) is 4.79 Å². The molecule has 0 spiro atoms. The molecule has 3 nitrogen and oxygen atoms in total. The van der Waals surface area contributed by atoms with Crippen molar-refractivity contribution in [3.8, 4) is 0 Å². The van der Waals surface area contributed by atoms with Crippen LogP contribution in [0.15, 0.2) is 24.3 Å². The highest BCUT2D eigenvalue weighted by atomic mass is 19.1. The molecule has 4 heteroatoms. The quantitative estimate of drug-likeness (QED) is 0.895. The Morgan fingerprint density at radius 1 is 1.45 bits per heavy atom. The van der Waals surface area contributed by atoms with Crippen LogP contribution in [0, 0.1) is 11.7 Å². The summed E-state index contributed by atoms with van der Waals surface area (Å²) < 4.78 is 13.6. The van der Waals surface area contributed by atoms with Gasteiger partial charge in [-0.15, -0.1) is 0 Å². The van der Waals surface area contributed by atoms with Crippen LogP contribution >= 0.6 is 0 Å². The molecule has 1 aliphatic rings. The minimum absolute atomic E-state index is 0.119. The van der Waals surface area contributed by atoms with Crippen molar-refractivity contribution >= 4 is 5.91 Å². The average Bonchev–Trinajstić information content (AvgIpc) is 2.47. The maximum absolute atomic E-state index is 13.6. The van der Waals surface area contributed by atoms with Crippen LogP contribution in [0.25, 0.3) is 0 Å². The van der Waals surface area contributed by atoms with E-state index in [2.05, 4.69) is 5.32 Å². The van der Waals surface area contributed by atoms with Crippen LogP contribution in [-0.2, 0) is 11.2 Å². The number of rotatable bonds is 5. The lowest BCUT2D eigenvalue weighted by atomic mass is 9.91. The molecular weight excluding hydrogens is 255 g/mol. The van der Waals surface area contributed by atoms with Gasteiger partial charge in [-0.2, -0.15) is 0 Å². The predicted octanol–water partition coefficient (Wildman–Crippen LogP) is 2.22. The van der Waals surface area contributed by atoms with E-state index < -0.39 is 0 Å². The fourth-order valence-electron chi connectivity index (χ4n) is 2.85. The number of hydrogen-bond donors (Lipinski definition) is 1. The monoisotopic (exact) mass is 278 g/mol. The van der Waals surface area contributed by atoms with Gasteiger partial charge in [0, 0.05) is 13.1 Å². The molecule has 0 unspecified atom stereocenters. The van der Waals surface area contributed by atoms with E-state index in [-0.39, 0.29) is 11.7 Å². The molecule has 1 saturated heterocycles. The summed E-state index contributed by atoms with van der Waals surface area (Å²) in [5, 5.41) is 2.90. The molecule has 1 aromatic carbocycles. The topological polar surface area (TPSA) is 32.3 Å². The summed E-state index contributed by atoms with van der Waals surface area (Å²) in [6.45, 7) is 2.08. The van der Waals surface area contributed by atoms with Gasteiger partial charge in [0.2, 0.25) is 5.91 Å². The number of likely N-dealkylation sites (tertiary alicyclic amines) is 1. The molecule has 0 aromatic heterocycles. The number of hydrogen-bond acceptors (Lipinski definition) is 2. The zero-order valence-electron chi connectivity index (χ0n) is 12.1. The van der Waals surface area contributed by atoms with Crippen LogP contribution in [0.1, 0.15) is 24.8 Å². The van der Waals surface area contributed by atoms with Crippen molar-refractivity contribution in [1.29, 1.82) is 0 Å². The molecule has 0 saturated carbocycles. The molecule has 0 bridgehead atoms. The number of carbonyl (C=O) groups is 1. The zero-order chi connectivity index (χ0) is 14.4. The predicted molar refractivity (Wildman–Crippen MR) is 78.0 cm³/mol. The first-order valence-electron chi connectivity index (χ1n) is 7.36. The first-order valence-corrected chi connectivity index (χ1v) is 7.36. The van der Waals surface area contributed by atoms with Gasteiger partial charge in [0.05, 0.1) is 6.54 Å². The van der Waals surface area contributed by atoms with E-state index in [4.69, 9.17) is 0 Å². The number of piperidine rings is 1. The Kier molecular flexibility index (Phi) is 5.53. The Bertz CT molecular complexity index is 450. The summed E-state index contributed by atoms with van der Waals surface area (Å²) in [5.41, 5.74) is 0.783. The molecule has 2 rings (SSSR count). The SMILES string of the molecule is CNCC(=O)N1CCC[C@@H](CCc2ccccc2F)C1. The van der Waals surface area contributed by atoms with E-state index >= 15 is 0 Å². The molecule has 1 atom stereocenters. The van der Waals surface area contributed by atoms with Crippen molar-refractivity contribution in [2.45, 2.75) is 25.7 Å². The fraction of sp³-hybridized carbons (Fsp3) is 0.562. The van der Waals surface area contributed by atoms with Crippen molar-refractivity contribution in [1.82, 2.24) is 10.2 Å². The normalized spacial score (nSPS) is 19.1. The van der Waals surface area contributed by atoms with E-state index in [1.807, 2.05) is 17.0 Å². The first-order chi connectivity index (χ1) is 9.70. The molecule has 0 radical (unpaired) electrons. The Labute approximate surface area is 120 Å². The molecule has 1 N–H and O–H groups in total. The average molecular weight is 278 g/mol. The maximum atomic E-state index is 13.6. The van der Waals surface area contributed by atoms with Crippen molar-refractivity contribution in [2.75, 3.05) is 26.7 Å². The smallest absolute Gasteiger partial charge is 0.236 e. The Morgan fingerprint density at radius 3 is 3.00 bits per heavy atom. The van der Waals surface area contributed by atoms with Gasteiger partial charge in [0.1, 0.15) is 5.82 Å². The van der Waals surface area contributed by atoms with E-state index in [1.54, 1.807) is 13.1 Å². The lowest BCUT2D eigenvalue weighted by Gasteiger charge is -2.33. The van der Waals surface area contributed by atoms with Gasteiger partial charge in [-0.1, -0.05) is 18.2 Å². The number of nitrogens with one attached hydrogen (secondary N) is 1. The van der Waals surface area contributed by atoms with Gasteiger partial charge in [-0.25, -0.2) is 4.39 Å². The number of amides is 1. The highest BCUT2D eigenvalue weighted by molar-refractivity contribution is 5.78. The second-order valence-electron chi connectivity index (χ2n) is 5.51. The summed E-state index contributed by atoms with van der Waals surface area (Å²) in [4.78, 5) is 13.8. The molecule has 110 valence electrons. The molecule has 1 fully saturated rings. The summed E-state index contributed by atoms with van der Waals surface area (Å²) in [5.74, 6) is 0.540. The van der Waals surface area contributed by atoms with Crippen LogP contribution in [0.5, 0.6) is 0 Å². The fourth-order valence-corrected chi connectivity index (χ4v) is 2.85. The summed E-state index contributed by atoms with van der Waals surface area (Å²) in [7, 11) is 1.79. The number of nitrogens with zero attached hydrogens (tertiary/aromatic N) is 1. The summed E-state index contributed by atoms with van der Waals surface area (Å²) in [6.07, 6.45) is 3.89. The third-order valence-corrected chi connectivity index (χ3v) is 3.98. The van der Waals surface area contributed by atoms with Gasteiger partial charge < -0.3 is 10.2 Å².